The third kappa shape index (κ3) is 3.60. The van der Waals surface area contributed by atoms with Crippen LogP contribution in [0.1, 0.15) is 18.4 Å². The van der Waals surface area contributed by atoms with Crippen molar-refractivity contribution in [2.45, 2.75) is 19.3 Å². The molecule has 15 heavy (non-hydrogen) atoms. The number of benzene rings is 1. The number of unbranched alkanes of at least 4 members (excludes halogenated alkanes) is 1. The van der Waals surface area contributed by atoms with E-state index in [0.717, 1.165) is 22.9 Å². The van der Waals surface area contributed by atoms with Gasteiger partial charge in [-0.15, -0.1) is 0 Å². The molecule has 0 aliphatic carbocycles. The van der Waals surface area contributed by atoms with Gasteiger partial charge in [-0.25, -0.2) is 0 Å². The molecule has 0 unspecified atom stereocenters. The Balaban J connectivity index is 2.81. The van der Waals surface area contributed by atoms with Gasteiger partial charge in [0.25, 0.3) is 5.69 Å². The number of hydrogen-bond donors (Lipinski definition) is 1. The van der Waals surface area contributed by atoms with Gasteiger partial charge in [0.15, 0.2) is 0 Å². The van der Waals surface area contributed by atoms with Crippen molar-refractivity contribution in [3.63, 3.8) is 0 Å². The third-order valence-electron chi connectivity index (χ3n) is 2.14. The van der Waals surface area contributed by atoms with E-state index in [1.54, 1.807) is 6.07 Å². The average Bonchev–Trinajstić information content (AvgIpc) is 2.20. The summed E-state index contributed by atoms with van der Waals surface area (Å²) in [5.41, 5.74) is 6.33. The van der Waals surface area contributed by atoms with Gasteiger partial charge >= 0.3 is 0 Å². The number of halogens is 1. The molecule has 1 rings (SSSR count). The summed E-state index contributed by atoms with van der Waals surface area (Å²) in [7, 11) is 0. The van der Waals surface area contributed by atoms with Crippen molar-refractivity contribution in [2.24, 2.45) is 5.73 Å². The van der Waals surface area contributed by atoms with Crippen molar-refractivity contribution in [3.05, 3.63) is 38.3 Å². The lowest BCUT2D eigenvalue weighted by Gasteiger charge is -2.02. The number of hydrogen-bond acceptors (Lipinski definition) is 3. The zero-order valence-corrected chi connectivity index (χ0v) is 9.87. The summed E-state index contributed by atoms with van der Waals surface area (Å²) in [5.74, 6) is 0. The van der Waals surface area contributed by atoms with Crippen molar-refractivity contribution in [1.29, 1.82) is 0 Å². The Kier molecular flexibility index (Phi) is 4.71. The molecule has 1 aromatic rings. The maximum absolute atomic E-state index is 10.8. The van der Waals surface area contributed by atoms with Gasteiger partial charge in [-0.1, -0.05) is 22.0 Å². The second kappa shape index (κ2) is 5.82. The maximum Gasteiger partial charge on any atom is 0.273 e. The van der Waals surface area contributed by atoms with Crippen molar-refractivity contribution in [2.75, 3.05) is 6.54 Å². The van der Waals surface area contributed by atoms with Gasteiger partial charge in [-0.2, -0.15) is 0 Å². The van der Waals surface area contributed by atoms with E-state index in [2.05, 4.69) is 15.9 Å². The van der Waals surface area contributed by atoms with Crippen LogP contribution in [0.5, 0.6) is 0 Å². The number of nitrogens with two attached hydrogens (primary N) is 1. The van der Waals surface area contributed by atoms with Crippen LogP contribution in [0, 0.1) is 10.1 Å². The van der Waals surface area contributed by atoms with E-state index >= 15 is 0 Å². The minimum atomic E-state index is -0.345. The fourth-order valence-corrected chi connectivity index (χ4v) is 1.73. The van der Waals surface area contributed by atoms with Crippen LogP contribution in [0.25, 0.3) is 0 Å². The zero-order chi connectivity index (χ0) is 11.3. The zero-order valence-electron chi connectivity index (χ0n) is 8.28. The molecule has 0 aliphatic heterocycles. The molecule has 0 atom stereocenters. The molecule has 5 heteroatoms. The molecular formula is C10H13BrN2O2. The highest BCUT2D eigenvalue weighted by molar-refractivity contribution is 9.10. The Morgan fingerprint density at radius 3 is 2.73 bits per heavy atom. The molecule has 0 saturated heterocycles. The molecule has 0 aromatic heterocycles. The van der Waals surface area contributed by atoms with Gasteiger partial charge in [0.1, 0.15) is 0 Å². The first-order chi connectivity index (χ1) is 7.15. The van der Waals surface area contributed by atoms with Gasteiger partial charge in [0.05, 0.1) is 4.92 Å². The molecule has 4 nitrogen and oxygen atoms in total. The van der Waals surface area contributed by atoms with Crippen LogP contribution in [-0.2, 0) is 6.42 Å². The third-order valence-corrected chi connectivity index (χ3v) is 2.64. The van der Waals surface area contributed by atoms with E-state index in [1.807, 2.05) is 6.07 Å². The van der Waals surface area contributed by atoms with E-state index in [-0.39, 0.29) is 10.6 Å². The highest BCUT2D eigenvalue weighted by Crippen LogP contribution is 2.24. The average molecular weight is 273 g/mol. The molecule has 0 amide bonds. The van der Waals surface area contributed by atoms with Crippen LogP contribution < -0.4 is 5.73 Å². The van der Waals surface area contributed by atoms with E-state index < -0.39 is 0 Å². The summed E-state index contributed by atoms with van der Waals surface area (Å²) in [5, 5.41) is 10.8. The monoisotopic (exact) mass is 272 g/mol. The van der Waals surface area contributed by atoms with Crippen molar-refractivity contribution >= 4 is 21.6 Å². The normalized spacial score (nSPS) is 10.3. The Bertz CT molecular complexity index is 355. The van der Waals surface area contributed by atoms with Crippen LogP contribution in [-0.4, -0.2) is 11.5 Å². The molecular weight excluding hydrogens is 260 g/mol. The minimum absolute atomic E-state index is 0.182. The second-order valence-electron chi connectivity index (χ2n) is 3.28. The molecule has 0 fully saturated rings. The molecule has 0 aliphatic rings. The molecule has 1 aromatic carbocycles. The standard InChI is InChI=1S/C10H13BrN2O2/c11-9-5-4-8(3-1-2-6-12)10(7-9)13(14)15/h4-5,7H,1-3,6,12H2. The van der Waals surface area contributed by atoms with Gasteiger partial charge < -0.3 is 5.73 Å². The van der Waals surface area contributed by atoms with Crippen LogP contribution in [0.4, 0.5) is 5.69 Å². The lowest BCUT2D eigenvalue weighted by Crippen LogP contribution is -2.00. The SMILES string of the molecule is NCCCCc1ccc(Br)cc1[N+](=O)[O-]. The molecule has 0 spiro atoms. The Hall–Kier alpha value is -0.940. The molecule has 0 heterocycles. The van der Waals surface area contributed by atoms with Gasteiger partial charge in [-0.3, -0.25) is 10.1 Å². The minimum Gasteiger partial charge on any atom is -0.330 e. The number of aryl methyl sites for hydroxylation is 1. The number of rotatable bonds is 5. The second-order valence-corrected chi connectivity index (χ2v) is 4.19. The first-order valence-corrected chi connectivity index (χ1v) is 5.57. The smallest absolute Gasteiger partial charge is 0.273 e. The molecule has 2 N–H and O–H groups in total. The summed E-state index contributed by atoms with van der Waals surface area (Å²) in [6.45, 7) is 0.629. The van der Waals surface area contributed by atoms with E-state index in [0.29, 0.717) is 13.0 Å². The maximum atomic E-state index is 10.8. The first-order valence-electron chi connectivity index (χ1n) is 4.78. The van der Waals surface area contributed by atoms with Crippen molar-refractivity contribution in [3.8, 4) is 0 Å². The summed E-state index contributed by atoms with van der Waals surface area (Å²) in [6.07, 6.45) is 2.49. The highest BCUT2D eigenvalue weighted by Gasteiger charge is 2.13. The number of nitro benzene ring substituents is 1. The summed E-state index contributed by atoms with van der Waals surface area (Å²) in [4.78, 5) is 10.4. The Labute approximate surface area is 96.8 Å². The first kappa shape index (κ1) is 12.1. The number of nitrogens with zero attached hydrogens (tertiary/aromatic N) is 1. The molecule has 0 radical (unpaired) electrons. The van der Waals surface area contributed by atoms with E-state index in [4.69, 9.17) is 5.73 Å². The summed E-state index contributed by atoms with van der Waals surface area (Å²) in [6, 6.07) is 5.15. The Morgan fingerprint density at radius 1 is 1.40 bits per heavy atom. The van der Waals surface area contributed by atoms with Gasteiger partial charge in [-0.05, 0) is 31.9 Å². The Morgan fingerprint density at radius 2 is 2.13 bits per heavy atom. The number of nitro groups is 1. The highest BCUT2D eigenvalue weighted by atomic mass is 79.9. The lowest BCUT2D eigenvalue weighted by atomic mass is 10.1. The quantitative estimate of drug-likeness (QED) is 0.509. The summed E-state index contributed by atoms with van der Waals surface area (Å²) >= 11 is 3.22. The largest absolute Gasteiger partial charge is 0.330 e. The molecule has 82 valence electrons. The van der Waals surface area contributed by atoms with Crippen LogP contribution in [0.3, 0.4) is 0 Å². The summed E-state index contributed by atoms with van der Waals surface area (Å²) < 4.78 is 0.733. The fraction of sp³-hybridized carbons (Fsp3) is 0.400. The van der Waals surface area contributed by atoms with Crippen LogP contribution in [0.15, 0.2) is 22.7 Å². The van der Waals surface area contributed by atoms with Gasteiger partial charge in [0.2, 0.25) is 0 Å². The van der Waals surface area contributed by atoms with E-state index in [1.165, 1.54) is 6.07 Å². The molecule has 0 saturated carbocycles. The fourth-order valence-electron chi connectivity index (χ4n) is 1.38. The van der Waals surface area contributed by atoms with Crippen LogP contribution >= 0.6 is 15.9 Å². The lowest BCUT2D eigenvalue weighted by molar-refractivity contribution is -0.385. The van der Waals surface area contributed by atoms with Crippen molar-refractivity contribution < 1.29 is 4.92 Å². The molecule has 0 bridgehead atoms. The predicted octanol–water partition coefficient (Wildman–Crippen LogP) is 2.64. The van der Waals surface area contributed by atoms with Crippen molar-refractivity contribution in [1.82, 2.24) is 0 Å². The van der Waals surface area contributed by atoms with Crippen LogP contribution in [0.2, 0.25) is 0 Å². The van der Waals surface area contributed by atoms with E-state index in [9.17, 15) is 10.1 Å². The predicted molar refractivity (Wildman–Crippen MR) is 62.8 cm³/mol. The van der Waals surface area contributed by atoms with Gasteiger partial charge in [0, 0.05) is 16.1 Å². The topological polar surface area (TPSA) is 69.2 Å².